The van der Waals surface area contributed by atoms with E-state index in [4.69, 9.17) is 16.3 Å². The number of rotatable bonds is 6. The van der Waals surface area contributed by atoms with Gasteiger partial charge in [0.25, 0.3) is 0 Å². The fourth-order valence-corrected chi connectivity index (χ4v) is 2.90. The zero-order valence-corrected chi connectivity index (χ0v) is 20.4. The van der Waals surface area contributed by atoms with Gasteiger partial charge in [0, 0.05) is 18.0 Å². The molecule has 180 valence electrons. The third-order valence-corrected chi connectivity index (χ3v) is 4.40. The van der Waals surface area contributed by atoms with E-state index in [0.29, 0.717) is 16.8 Å². The van der Waals surface area contributed by atoms with Crippen LogP contribution in [0.25, 0.3) is 0 Å². The number of benzene rings is 2. The number of nitrogens with zero attached hydrogens (tertiary/aromatic N) is 2. The van der Waals surface area contributed by atoms with Gasteiger partial charge in [-0.1, -0.05) is 45.4 Å². The van der Waals surface area contributed by atoms with E-state index in [0.717, 1.165) is 6.20 Å². The van der Waals surface area contributed by atoms with Gasteiger partial charge in [-0.2, -0.15) is 9.37 Å². The molecule has 0 spiro atoms. The van der Waals surface area contributed by atoms with Crippen LogP contribution in [0.2, 0.25) is 5.02 Å². The summed E-state index contributed by atoms with van der Waals surface area (Å²) in [5, 5.41) is 2.83. The number of aromatic nitrogens is 2. The number of hydrogen-bond donors (Lipinski definition) is 1. The molecule has 3 rings (SSSR count). The molecule has 1 heterocycles. The molecular formula is C24H29ClF3N3O2. The van der Waals surface area contributed by atoms with Crippen molar-refractivity contribution in [3.05, 3.63) is 80.5 Å². The summed E-state index contributed by atoms with van der Waals surface area (Å²) in [7, 11) is 0. The molecule has 0 unspecified atom stereocenters. The highest BCUT2D eigenvalue weighted by atomic mass is 35.5. The minimum Gasteiger partial charge on any atom is -0.491 e. The Kier molecular flexibility index (Phi) is 11.5. The van der Waals surface area contributed by atoms with Gasteiger partial charge in [-0.05, 0) is 43.2 Å². The van der Waals surface area contributed by atoms with Crippen LogP contribution >= 0.6 is 11.6 Å². The Morgan fingerprint density at radius 1 is 1.03 bits per heavy atom. The highest BCUT2D eigenvalue weighted by molar-refractivity contribution is 6.30. The van der Waals surface area contributed by atoms with Gasteiger partial charge in [0.05, 0.1) is 18.2 Å². The molecule has 2 aromatic carbocycles. The fraction of sp³-hybridized carbons (Fsp3) is 0.333. The Hall–Kier alpha value is -3.00. The van der Waals surface area contributed by atoms with E-state index in [-0.39, 0.29) is 29.9 Å². The summed E-state index contributed by atoms with van der Waals surface area (Å²) in [5.74, 6) is -2.10. The molecule has 33 heavy (non-hydrogen) atoms. The minimum atomic E-state index is -1.05. The van der Waals surface area contributed by atoms with Crippen molar-refractivity contribution < 1.29 is 17.9 Å². The molecule has 0 amide bonds. The zero-order valence-electron chi connectivity index (χ0n) is 19.6. The third kappa shape index (κ3) is 7.53. The molecule has 9 heteroatoms. The average Bonchev–Trinajstić information content (AvgIpc) is 2.80. The van der Waals surface area contributed by atoms with E-state index in [9.17, 15) is 18.0 Å². The molecule has 0 aliphatic heterocycles. The number of halogens is 4. The molecule has 0 saturated carbocycles. The summed E-state index contributed by atoms with van der Waals surface area (Å²) in [6, 6.07) is 6.78. The van der Waals surface area contributed by atoms with Crippen molar-refractivity contribution in [3.8, 4) is 5.75 Å². The van der Waals surface area contributed by atoms with E-state index >= 15 is 0 Å². The Morgan fingerprint density at radius 3 is 2.30 bits per heavy atom. The second-order valence-electron chi connectivity index (χ2n) is 6.25. The van der Waals surface area contributed by atoms with Crippen molar-refractivity contribution in [2.24, 2.45) is 0 Å². The maximum atomic E-state index is 14.0. The van der Waals surface area contributed by atoms with Gasteiger partial charge >= 0.3 is 5.56 Å². The summed E-state index contributed by atoms with van der Waals surface area (Å²) in [5.41, 5.74) is 0.473. The SMILES string of the molecule is CC.CC.CCOc1cc(Nc2nc(=O)c(F)cn2Cc2ccc(F)c(Cl)c2)c(C)cc1F. The van der Waals surface area contributed by atoms with Crippen LogP contribution in [0.3, 0.4) is 0 Å². The number of hydrogen-bond acceptors (Lipinski definition) is 4. The molecule has 0 atom stereocenters. The highest BCUT2D eigenvalue weighted by Crippen LogP contribution is 2.28. The van der Waals surface area contributed by atoms with Crippen LogP contribution < -0.4 is 15.6 Å². The Bertz CT molecular complexity index is 1120. The van der Waals surface area contributed by atoms with E-state index in [1.54, 1.807) is 13.8 Å². The first-order valence-corrected chi connectivity index (χ1v) is 11.1. The summed E-state index contributed by atoms with van der Waals surface area (Å²) in [6.07, 6.45) is 0.983. The number of aryl methyl sites for hydroxylation is 1. The molecule has 0 aliphatic carbocycles. The Balaban J connectivity index is 0.00000129. The van der Waals surface area contributed by atoms with Crippen molar-refractivity contribution in [1.29, 1.82) is 0 Å². The number of ether oxygens (including phenoxy) is 1. The normalized spacial score (nSPS) is 9.88. The first-order valence-electron chi connectivity index (χ1n) is 10.7. The monoisotopic (exact) mass is 483 g/mol. The van der Waals surface area contributed by atoms with Gasteiger partial charge in [0.1, 0.15) is 5.82 Å². The summed E-state index contributed by atoms with van der Waals surface area (Å²) >= 11 is 5.80. The molecule has 0 aliphatic rings. The first-order chi connectivity index (χ1) is 15.8. The summed E-state index contributed by atoms with van der Waals surface area (Å²) < 4.78 is 47.8. The number of anilines is 2. The lowest BCUT2D eigenvalue weighted by atomic mass is 10.2. The lowest BCUT2D eigenvalue weighted by Gasteiger charge is -2.17. The van der Waals surface area contributed by atoms with Crippen LogP contribution in [0.4, 0.5) is 24.8 Å². The van der Waals surface area contributed by atoms with Gasteiger partial charge in [0.15, 0.2) is 11.6 Å². The van der Waals surface area contributed by atoms with E-state index < -0.39 is 23.0 Å². The standard InChI is InChI=1S/C20H17ClF3N3O2.2C2H6/c1-3-29-18-8-17(11(2)6-15(18)23)25-20-26-19(28)16(24)10-27(20)9-12-4-5-14(22)13(21)7-12;2*1-2/h4-8,10H,3,9H2,1-2H3,(H,25,26,28);2*1-2H3. The van der Waals surface area contributed by atoms with Gasteiger partial charge < -0.3 is 14.6 Å². The molecule has 0 radical (unpaired) electrons. The molecule has 5 nitrogen and oxygen atoms in total. The zero-order chi connectivity index (χ0) is 25.1. The fourth-order valence-electron chi connectivity index (χ4n) is 2.70. The molecular weight excluding hydrogens is 455 g/mol. The van der Waals surface area contributed by atoms with Crippen LogP contribution in [0, 0.1) is 24.4 Å². The van der Waals surface area contributed by atoms with Gasteiger partial charge in [0.2, 0.25) is 11.8 Å². The van der Waals surface area contributed by atoms with E-state index in [2.05, 4.69) is 10.3 Å². The van der Waals surface area contributed by atoms with Crippen molar-refractivity contribution in [2.45, 2.75) is 48.1 Å². The molecule has 0 fully saturated rings. The van der Waals surface area contributed by atoms with Crippen molar-refractivity contribution >= 4 is 23.2 Å². The van der Waals surface area contributed by atoms with Crippen LogP contribution in [0.5, 0.6) is 5.75 Å². The molecule has 1 aromatic heterocycles. The first kappa shape index (κ1) is 28.0. The summed E-state index contributed by atoms with van der Waals surface area (Å²) in [4.78, 5) is 15.5. The lowest BCUT2D eigenvalue weighted by Crippen LogP contribution is -2.20. The lowest BCUT2D eigenvalue weighted by molar-refractivity contribution is 0.321. The quantitative estimate of drug-likeness (QED) is 0.416. The highest BCUT2D eigenvalue weighted by Gasteiger charge is 2.14. The van der Waals surface area contributed by atoms with Crippen molar-refractivity contribution in [3.63, 3.8) is 0 Å². The smallest absolute Gasteiger partial charge is 0.310 e. The Morgan fingerprint density at radius 2 is 1.70 bits per heavy atom. The third-order valence-electron chi connectivity index (χ3n) is 4.12. The van der Waals surface area contributed by atoms with E-state index in [1.165, 1.54) is 34.9 Å². The predicted octanol–water partition coefficient (Wildman–Crippen LogP) is 6.87. The van der Waals surface area contributed by atoms with Gasteiger partial charge in [-0.25, -0.2) is 8.78 Å². The van der Waals surface area contributed by atoms with Crippen molar-refractivity contribution in [2.75, 3.05) is 11.9 Å². The minimum absolute atomic E-state index is 0.0222. The van der Waals surface area contributed by atoms with Crippen molar-refractivity contribution in [1.82, 2.24) is 9.55 Å². The molecule has 0 saturated heterocycles. The average molecular weight is 484 g/mol. The van der Waals surface area contributed by atoms with Gasteiger partial charge in [-0.3, -0.25) is 4.79 Å². The maximum Gasteiger partial charge on any atom is 0.310 e. The Labute approximate surface area is 197 Å². The van der Waals surface area contributed by atoms with E-state index in [1.807, 2.05) is 27.7 Å². The van der Waals surface area contributed by atoms with Crippen LogP contribution in [0.1, 0.15) is 45.7 Å². The van der Waals surface area contributed by atoms with Crippen LogP contribution in [-0.4, -0.2) is 16.2 Å². The largest absolute Gasteiger partial charge is 0.491 e. The van der Waals surface area contributed by atoms with Crippen LogP contribution in [-0.2, 0) is 6.54 Å². The maximum absolute atomic E-state index is 14.0. The second-order valence-corrected chi connectivity index (χ2v) is 6.66. The topological polar surface area (TPSA) is 56.1 Å². The second kappa shape index (κ2) is 13.5. The van der Waals surface area contributed by atoms with Gasteiger partial charge in [-0.15, -0.1) is 0 Å². The molecule has 1 N–H and O–H groups in total. The molecule has 3 aromatic rings. The predicted molar refractivity (Wildman–Crippen MR) is 127 cm³/mol. The van der Waals surface area contributed by atoms with Crippen LogP contribution in [0.15, 0.2) is 41.3 Å². The molecule has 0 bridgehead atoms. The number of nitrogens with one attached hydrogen (secondary N) is 1. The summed E-state index contributed by atoms with van der Waals surface area (Å²) in [6.45, 7) is 11.7.